The molecule has 0 spiro atoms. The Balaban J connectivity index is 2.75. The molecule has 4 heteroatoms. The number of aliphatic hydroxyl groups excluding tert-OH is 1. The van der Waals surface area contributed by atoms with E-state index in [1.807, 2.05) is 19.1 Å². The van der Waals surface area contributed by atoms with E-state index in [0.717, 1.165) is 11.1 Å². The third kappa shape index (κ3) is 1.15. The molecule has 2 aromatic heterocycles. The summed E-state index contributed by atoms with van der Waals surface area (Å²) in [7, 11) is 0. The fourth-order valence-electron chi connectivity index (χ4n) is 1.59. The molecule has 0 radical (unpaired) electrons. The summed E-state index contributed by atoms with van der Waals surface area (Å²) >= 11 is 0. The van der Waals surface area contributed by atoms with Gasteiger partial charge >= 0.3 is 0 Å². The molecule has 2 aromatic rings. The number of hydrogen-bond donors (Lipinski definition) is 2. The number of fused-ring (bicyclic) bond motifs is 1. The molecule has 0 bridgehead atoms. The first kappa shape index (κ1) is 8.73. The number of rotatable bonds is 1. The summed E-state index contributed by atoms with van der Waals surface area (Å²) in [4.78, 5) is 7.12. The minimum Gasteiger partial charge on any atom is -0.374 e. The van der Waals surface area contributed by atoms with Crippen molar-refractivity contribution in [1.29, 1.82) is 5.26 Å². The Morgan fingerprint density at radius 2 is 2.43 bits per heavy atom. The summed E-state index contributed by atoms with van der Waals surface area (Å²) in [5.74, 6) is 0. The second-order valence-corrected chi connectivity index (χ2v) is 3.09. The zero-order valence-corrected chi connectivity index (χ0v) is 7.65. The standard InChI is InChI=1S/C10H9N3O/c1-6-9(8(14)5-11)7-3-2-4-12-10(7)13-6/h2-4,8,14H,1H3,(H,12,13). The quantitative estimate of drug-likeness (QED) is 0.663. The molecule has 0 saturated carbocycles. The number of aromatic amines is 1. The largest absolute Gasteiger partial charge is 0.374 e. The van der Waals surface area contributed by atoms with Crippen molar-refractivity contribution in [3.05, 3.63) is 29.6 Å². The van der Waals surface area contributed by atoms with Crippen molar-refractivity contribution in [2.24, 2.45) is 0 Å². The number of pyridine rings is 1. The summed E-state index contributed by atoms with van der Waals surface area (Å²) < 4.78 is 0. The van der Waals surface area contributed by atoms with Gasteiger partial charge in [-0.3, -0.25) is 0 Å². The third-order valence-corrected chi connectivity index (χ3v) is 2.20. The second kappa shape index (κ2) is 3.13. The minimum absolute atomic E-state index is 0.621. The summed E-state index contributed by atoms with van der Waals surface area (Å²) in [6.07, 6.45) is 0.578. The van der Waals surface area contributed by atoms with Crippen molar-refractivity contribution in [2.75, 3.05) is 0 Å². The van der Waals surface area contributed by atoms with Crippen LogP contribution >= 0.6 is 0 Å². The van der Waals surface area contributed by atoms with Crippen molar-refractivity contribution in [1.82, 2.24) is 9.97 Å². The van der Waals surface area contributed by atoms with Gasteiger partial charge in [0.2, 0.25) is 0 Å². The van der Waals surface area contributed by atoms with Crippen LogP contribution in [0.1, 0.15) is 17.4 Å². The van der Waals surface area contributed by atoms with Crippen molar-refractivity contribution in [3.63, 3.8) is 0 Å². The topological polar surface area (TPSA) is 72.7 Å². The zero-order valence-electron chi connectivity index (χ0n) is 7.65. The van der Waals surface area contributed by atoms with Gasteiger partial charge in [-0.15, -0.1) is 0 Å². The first-order valence-corrected chi connectivity index (χ1v) is 4.25. The number of aromatic nitrogens is 2. The Bertz CT molecular complexity index is 510. The molecule has 0 fully saturated rings. The lowest BCUT2D eigenvalue weighted by atomic mass is 10.1. The molecule has 14 heavy (non-hydrogen) atoms. The maximum Gasteiger partial charge on any atom is 0.168 e. The molecule has 1 unspecified atom stereocenters. The highest BCUT2D eigenvalue weighted by atomic mass is 16.3. The number of aryl methyl sites for hydroxylation is 1. The summed E-state index contributed by atoms with van der Waals surface area (Å²) in [6, 6.07) is 5.42. The first-order valence-electron chi connectivity index (χ1n) is 4.25. The van der Waals surface area contributed by atoms with Gasteiger partial charge in [0.05, 0.1) is 6.07 Å². The van der Waals surface area contributed by atoms with E-state index < -0.39 is 6.10 Å². The fourth-order valence-corrected chi connectivity index (χ4v) is 1.59. The Labute approximate surface area is 80.8 Å². The van der Waals surface area contributed by atoms with Gasteiger partial charge in [-0.2, -0.15) is 5.26 Å². The van der Waals surface area contributed by atoms with Gasteiger partial charge in [0.1, 0.15) is 5.65 Å². The van der Waals surface area contributed by atoms with Crippen LogP contribution in [-0.2, 0) is 0 Å². The molecular formula is C10H9N3O. The highest BCUT2D eigenvalue weighted by Crippen LogP contribution is 2.25. The molecule has 4 nitrogen and oxygen atoms in total. The Morgan fingerprint density at radius 1 is 1.64 bits per heavy atom. The zero-order chi connectivity index (χ0) is 10.1. The van der Waals surface area contributed by atoms with Crippen LogP contribution in [0.25, 0.3) is 11.0 Å². The SMILES string of the molecule is Cc1[nH]c2ncccc2c1C(O)C#N. The van der Waals surface area contributed by atoms with Crippen molar-refractivity contribution in [3.8, 4) is 6.07 Å². The van der Waals surface area contributed by atoms with Crippen LogP contribution in [0.4, 0.5) is 0 Å². The average molecular weight is 187 g/mol. The van der Waals surface area contributed by atoms with Crippen LogP contribution in [0.15, 0.2) is 18.3 Å². The number of H-pyrrole nitrogens is 1. The average Bonchev–Trinajstić information content (AvgIpc) is 2.53. The number of nitrogens with one attached hydrogen (secondary N) is 1. The van der Waals surface area contributed by atoms with E-state index in [2.05, 4.69) is 9.97 Å². The van der Waals surface area contributed by atoms with Crippen molar-refractivity contribution >= 4 is 11.0 Å². The number of hydrogen-bond acceptors (Lipinski definition) is 3. The fraction of sp³-hybridized carbons (Fsp3) is 0.200. The molecular weight excluding hydrogens is 178 g/mol. The van der Waals surface area contributed by atoms with E-state index in [-0.39, 0.29) is 0 Å². The van der Waals surface area contributed by atoms with Gasteiger partial charge in [0, 0.05) is 22.8 Å². The van der Waals surface area contributed by atoms with E-state index in [1.165, 1.54) is 0 Å². The highest BCUT2D eigenvalue weighted by Gasteiger charge is 2.15. The smallest absolute Gasteiger partial charge is 0.168 e. The summed E-state index contributed by atoms with van der Waals surface area (Å²) in [5.41, 5.74) is 2.11. The van der Waals surface area contributed by atoms with Gasteiger partial charge in [-0.1, -0.05) is 0 Å². The summed E-state index contributed by atoms with van der Waals surface area (Å²) in [6.45, 7) is 1.82. The van der Waals surface area contributed by atoms with Crippen LogP contribution in [-0.4, -0.2) is 15.1 Å². The van der Waals surface area contributed by atoms with E-state index in [1.54, 1.807) is 12.3 Å². The molecule has 2 rings (SSSR count). The maximum atomic E-state index is 9.49. The van der Waals surface area contributed by atoms with E-state index in [9.17, 15) is 5.11 Å². The van der Waals surface area contributed by atoms with E-state index >= 15 is 0 Å². The Kier molecular flexibility index (Phi) is 1.95. The molecule has 70 valence electrons. The Morgan fingerprint density at radius 3 is 3.14 bits per heavy atom. The second-order valence-electron chi connectivity index (χ2n) is 3.09. The minimum atomic E-state index is -1.09. The molecule has 0 amide bonds. The Hall–Kier alpha value is -1.86. The van der Waals surface area contributed by atoms with Crippen LogP contribution in [0.3, 0.4) is 0 Å². The molecule has 0 aliphatic carbocycles. The highest BCUT2D eigenvalue weighted by molar-refractivity contribution is 5.81. The predicted molar refractivity (Wildman–Crippen MR) is 51.4 cm³/mol. The third-order valence-electron chi connectivity index (χ3n) is 2.20. The molecule has 2 N–H and O–H groups in total. The van der Waals surface area contributed by atoms with Crippen LogP contribution in [0.5, 0.6) is 0 Å². The van der Waals surface area contributed by atoms with Crippen molar-refractivity contribution in [2.45, 2.75) is 13.0 Å². The van der Waals surface area contributed by atoms with Gasteiger partial charge in [-0.25, -0.2) is 4.98 Å². The summed E-state index contributed by atoms with van der Waals surface area (Å²) in [5, 5.41) is 18.9. The van der Waals surface area contributed by atoms with Crippen molar-refractivity contribution < 1.29 is 5.11 Å². The van der Waals surface area contributed by atoms with Crippen LogP contribution in [0.2, 0.25) is 0 Å². The lowest BCUT2D eigenvalue weighted by Gasteiger charge is -2.00. The van der Waals surface area contributed by atoms with Gasteiger partial charge < -0.3 is 10.1 Å². The van der Waals surface area contributed by atoms with Gasteiger partial charge in [0.15, 0.2) is 6.10 Å². The molecule has 0 saturated heterocycles. The lowest BCUT2D eigenvalue weighted by molar-refractivity contribution is 0.236. The first-order chi connectivity index (χ1) is 6.74. The predicted octanol–water partition coefficient (Wildman–Crippen LogP) is 1.43. The van der Waals surface area contributed by atoms with E-state index in [4.69, 9.17) is 5.26 Å². The lowest BCUT2D eigenvalue weighted by Crippen LogP contribution is -1.94. The molecule has 0 aromatic carbocycles. The normalized spacial score (nSPS) is 12.6. The monoisotopic (exact) mass is 187 g/mol. The number of nitriles is 1. The maximum absolute atomic E-state index is 9.49. The van der Waals surface area contributed by atoms with Gasteiger partial charge in [-0.05, 0) is 19.1 Å². The number of aliphatic hydroxyl groups is 1. The molecule has 0 aliphatic heterocycles. The molecule has 1 atom stereocenters. The molecule has 0 aliphatic rings. The molecule has 2 heterocycles. The van der Waals surface area contributed by atoms with Crippen LogP contribution < -0.4 is 0 Å². The van der Waals surface area contributed by atoms with E-state index in [0.29, 0.717) is 11.2 Å². The van der Waals surface area contributed by atoms with Gasteiger partial charge in [0.25, 0.3) is 0 Å². The number of nitrogens with zero attached hydrogens (tertiary/aromatic N) is 2. The van der Waals surface area contributed by atoms with Crippen LogP contribution in [0, 0.1) is 18.3 Å².